The molecule has 5 N–H and O–H groups in total. The Labute approximate surface area is 416 Å². The molecule has 4 aromatic heterocycles. The van der Waals surface area contributed by atoms with Crippen LogP contribution >= 0.6 is 0 Å². The fraction of sp³-hybridized carbons (Fsp3) is 0.283. The van der Waals surface area contributed by atoms with Crippen LogP contribution < -0.4 is 35.2 Å². The normalized spacial score (nSPS) is 13.6. The first-order chi connectivity index (χ1) is 35.0. The molecular weight excluding hydrogens is 919 g/mol. The van der Waals surface area contributed by atoms with Crippen molar-refractivity contribution in [3.63, 3.8) is 0 Å². The Balaban J connectivity index is 0.000000176. The lowest BCUT2D eigenvalue weighted by molar-refractivity contribution is 0.122. The molecule has 10 rings (SSSR count). The van der Waals surface area contributed by atoms with Crippen LogP contribution in [0, 0.1) is 48.1 Å². The zero-order chi connectivity index (χ0) is 50.6. The highest BCUT2D eigenvalue weighted by Gasteiger charge is 2.21. The van der Waals surface area contributed by atoms with Gasteiger partial charge in [-0.3, -0.25) is 0 Å². The van der Waals surface area contributed by atoms with Gasteiger partial charge < -0.3 is 54.8 Å². The minimum absolute atomic E-state index is 0.00952. The van der Waals surface area contributed by atoms with Gasteiger partial charge in [0, 0.05) is 95.2 Å². The molecule has 8 aromatic rings. The van der Waals surface area contributed by atoms with Gasteiger partial charge in [0.1, 0.15) is 24.8 Å². The fourth-order valence-corrected chi connectivity index (χ4v) is 8.20. The highest BCUT2D eigenvalue weighted by Crippen LogP contribution is 2.35. The van der Waals surface area contributed by atoms with Crippen LogP contribution in [0.1, 0.15) is 35.9 Å². The number of rotatable bonds is 12. The Kier molecular flexibility index (Phi) is 16.3. The molecule has 0 atom stereocenters. The summed E-state index contributed by atoms with van der Waals surface area (Å²) in [6.45, 7) is 13.9. The predicted molar refractivity (Wildman–Crippen MR) is 276 cm³/mol. The van der Waals surface area contributed by atoms with E-state index in [4.69, 9.17) is 14.2 Å². The van der Waals surface area contributed by atoms with Gasteiger partial charge in [-0.15, -0.1) is 0 Å². The topological polar surface area (TPSA) is 204 Å². The van der Waals surface area contributed by atoms with Crippen LogP contribution in [-0.2, 0) is 4.74 Å². The third-order valence-electron chi connectivity index (χ3n) is 11.9. The van der Waals surface area contributed by atoms with Crippen molar-refractivity contribution in [3.05, 3.63) is 132 Å². The summed E-state index contributed by atoms with van der Waals surface area (Å²) in [7, 11) is 4.08. The van der Waals surface area contributed by atoms with Crippen molar-refractivity contribution < 1.29 is 23.0 Å². The first-order valence-electron chi connectivity index (χ1n) is 23.6. The SMILES string of the molecule is CCCNC.Cc1cc2c(F)c(Oc3ncnc(Nc4cccc(N5CCN(C)CC5)c4)c3C#N)ccc2[nH]1.Cc1cc2c(F)c(Oc3ncnc(Nc4cccc(N5CCOCC5)c4)c3C#N)ccc2[nH]1. The number of aromatic nitrogens is 6. The molecule has 2 saturated heterocycles. The number of H-pyrrole nitrogens is 2. The van der Waals surface area contributed by atoms with Crippen molar-refractivity contribution in [2.24, 2.45) is 0 Å². The van der Waals surface area contributed by atoms with E-state index < -0.39 is 11.6 Å². The number of nitriles is 2. The quantitative estimate of drug-likeness (QED) is 0.0773. The van der Waals surface area contributed by atoms with Crippen molar-refractivity contribution in [1.29, 1.82) is 10.5 Å². The summed E-state index contributed by atoms with van der Waals surface area (Å²) in [6, 6.07) is 29.9. The second-order valence-corrected chi connectivity index (χ2v) is 17.2. The minimum Gasteiger partial charge on any atom is -0.434 e. The van der Waals surface area contributed by atoms with Crippen molar-refractivity contribution >= 4 is 56.2 Å². The van der Waals surface area contributed by atoms with Crippen molar-refractivity contribution in [1.82, 2.24) is 40.1 Å². The van der Waals surface area contributed by atoms with Crippen molar-refractivity contribution in [3.8, 4) is 35.4 Å². The van der Waals surface area contributed by atoms with E-state index in [-0.39, 0.29) is 40.2 Å². The van der Waals surface area contributed by atoms with E-state index in [1.807, 2.05) is 63.4 Å². The third kappa shape index (κ3) is 12.0. The summed E-state index contributed by atoms with van der Waals surface area (Å²) in [5.74, 6) is -0.527. The summed E-state index contributed by atoms with van der Waals surface area (Å²) in [5, 5.41) is 29.8. The highest BCUT2D eigenvalue weighted by molar-refractivity contribution is 5.84. The molecule has 72 heavy (non-hydrogen) atoms. The Morgan fingerprint density at radius 1 is 0.653 bits per heavy atom. The Hall–Kier alpha value is -8.36. The van der Waals surface area contributed by atoms with Gasteiger partial charge >= 0.3 is 0 Å². The molecular formula is C53H56F2N14O3. The minimum atomic E-state index is -0.521. The number of fused-ring (bicyclic) bond motifs is 2. The first-order valence-corrected chi connectivity index (χ1v) is 23.6. The van der Waals surface area contributed by atoms with E-state index in [2.05, 4.69) is 92.7 Å². The fourth-order valence-electron chi connectivity index (χ4n) is 8.20. The average Bonchev–Trinajstić information content (AvgIpc) is 3.99. The molecule has 0 unspecified atom stereocenters. The van der Waals surface area contributed by atoms with Crippen LogP contribution in [-0.4, -0.2) is 108 Å². The predicted octanol–water partition coefficient (Wildman–Crippen LogP) is 9.83. The van der Waals surface area contributed by atoms with Crippen LogP contribution in [0.25, 0.3) is 21.8 Å². The van der Waals surface area contributed by atoms with Gasteiger partial charge in [-0.25, -0.2) is 28.7 Å². The van der Waals surface area contributed by atoms with Crippen LogP contribution in [0.2, 0.25) is 0 Å². The summed E-state index contributed by atoms with van der Waals surface area (Å²) in [5.41, 5.74) is 6.89. The van der Waals surface area contributed by atoms with E-state index in [1.165, 1.54) is 31.2 Å². The number of aryl methyl sites for hydroxylation is 2. The first kappa shape index (κ1) is 50.0. The smallest absolute Gasteiger partial charge is 0.242 e. The standard InChI is InChI=1S/C25H24FN7O.C24H21FN6O2.C4H11N/c1-16-12-19-21(30-16)6-7-22(23(19)26)34-25-20(14-27)24(28-15-29-25)31-17-4-3-5-18(13-17)33-10-8-32(2)9-11-33;1-15-11-18-20(29-15)5-6-21(22(18)25)33-24-19(13-26)23(27-14-28-24)30-16-3-2-4-17(12-16)31-7-9-32-10-8-31;1-3-4-5-2/h3-7,12-13,15,30H,8-11H2,1-2H3,(H,28,29,31);2-6,11-12,14,29H,7-10H2,1H3,(H,27,28,30);5H,3-4H2,1-2H3. The lowest BCUT2D eigenvalue weighted by Gasteiger charge is -2.34. The number of morpholine rings is 1. The Morgan fingerprint density at radius 3 is 1.56 bits per heavy atom. The second kappa shape index (κ2) is 23.5. The second-order valence-electron chi connectivity index (χ2n) is 17.2. The molecule has 0 spiro atoms. The molecule has 19 heteroatoms. The maximum atomic E-state index is 15.0. The van der Waals surface area contributed by atoms with Gasteiger partial charge in [0.25, 0.3) is 0 Å². The van der Waals surface area contributed by atoms with E-state index >= 15 is 4.39 Å². The molecule has 0 radical (unpaired) electrons. The van der Waals surface area contributed by atoms with Crippen LogP contribution in [0.3, 0.4) is 0 Å². The molecule has 370 valence electrons. The Bertz CT molecular complexity index is 3220. The van der Waals surface area contributed by atoms with Gasteiger partial charge in [-0.1, -0.05) is 19.1 Å². The zero-order valence-corrected chi connectivity index (χ0v) is 40.8. The number of nitrogens with one attached hydrogen (secondary N) is 5. The highest BCUT2D eigenvalue weighted by atomic mass is 19.1. The lowest BCUT2D eigenvalue weighted by atomic mass is 10.2. The van der Waals surface area contributed by atoms with Crippen molar-refractivity contribution in [2.45, 2.75) is 27.2 Å². The number of nitrogens with zero attached hydrogens (tertiary/aromatic N) is 9. The van der Waals surface area contributed by atoms with Gasteiger partial charge in [0.15, 0.2) is 45.9 Å². The molecule has 2 aliphatic heterocycles. The molecule has 2 aliphatic rings. The van der Waals surface area contributed by atoms with Crippen LogP contribution in [0.4, 0.5) is 43.2 Å². The summed E-state index contributed by atoms with van der Waals surface area (Å²) >= 11 is 0. The number of hydrogen-bond acceptors (Lipinski definition) is 15. The third-order valence-corrected chi connectivity index (χ3v) is 11.9. The summed E-state index contributed by atoms with van der Waals surface area (Å²) < 4.78 is 46.9. The number of benzene rings is 4. The number of halogens is 2. The van der Waals surface area contributed by atoms with Crippen LogP contribution in [0.15, 0.2) is 97.6 Å². The Morgan fingerprint density at radius 2 is 1.12 bits per heavy atom. The molecule has 2 fully saturated rings. The average molecular weight is 975 g/mol. The number of piperazine rings is 1. The molecule has 0 aliphatic carbocycles. The van der Waals surface area contributed by atoms with Gasteiger partial charge in [0.05, 0.1) is 13.2 Å². The number of hydrogen-bond donors (Lipinski definition) is 5. The van der Waals surface area contributed by atoms with E-state index in [0.717, 1.165) is 80.0 Å². The molecule has 4 aromatic carbocycles. The largest absolute Gasteiger partial charge is 0.434 e. The number of ether oxygens (including phenoxy) is 3. The molecule has 6 heterocycles. The number of anilines is 6. The van der Waals surface area contributed by atoms with Gasteiger partial charge in [-0.2, -0.15) is 10.5 Å². The van der Waals surface area contributed by atoms with E-state index in [1.54, 1.807) is 24.3 Å². The lowest BCUT2D eigenvalue weighted by Crippen LogP contribution is -2.44. The number of aromatic amines is 2. The van der Waals surface area contributed by atoms with E-state index in [9.17, 15) is 14.9 Å². The number of likely N-dealkylation sites (N-methyl/N-ethyl adjacent to an activating group) is 1. The monoisotopic (exact) mass is 974 g/mol. The molecule has 0 saturated carbocycles. The molecule has 0 bridgehead atoms. The summed E-state index contributed by atoms with van der Waals surface area (Å²) in [6.07, 6.45) is 3.80. The van der Waals surface area contributed by atoms with E-state index in [0.29, 0.717) is 40.8 Å². The maximum absolute atomic E-state index is 15.0. The molecule has 0 amide bonds. The van der Waals surface area contributed by atoms with Gasteiger partial charge in [-0.05, 0) is 114 Å². The van der Waals surface area contributed by atoms with Crippen molar-refractivity contribution in [2.75, 3.05) is 93.6 Å². The maximum Gasteiger partial charge on any atom is 0.242 e. The van der Waals surface area contributed by atoms with Gasteiger partial charge in [0.2, 0.25) is 11.8 Å². The molecule has 17 nitrogen and oxygen atoms in total. The van der Waals surface area contributed by atoms with Crippen LogP contribution in [0.5, 0.6) is 23.3 Å². The zero-order valence-electron chi connectivity index (χ0n) is 40.8. The summed E-state index contributed by atoms with van der Waals surface area (Å²) in [4.78, 5) is 29.6.